The van der Waals surface area contributed by atoms with Gasteiger partial charge in [-0.15, -0.1) is 0 Å². The van der Waals surface area contributed by atoms with E-state index in [-0.39, 0.29) is 29.8 Å². The molecule has 3 aromatic rings. The number of anilines is 1. The Balaban J connectivity index is 1.94. The number of hydrogen-bond acceptors (Lipinski definition) is 5. The van der Waals surface area contributed by atoms with Gasteiger partial charge in [-0.3, -0.25) is 9.59 Å². The monoisotopic (exact) mass is 380 g/mol. The first kappa shape index (κ1) is 19.0. The van der Waals surface area contributed by atoms with Crippen molar-refractivity contribution in [2.24, 2.45) is 5.73 Å². The standard InChI is InChI=1S/C21H20N2O5/c1-26-17-10-14(11-18(27-2)20(17)28-12-19(22)24)21(25)23-16-9-5-7-13-6-3-4-8-15(13)16/h3-11H,12H2,1-2H3,(H2,22,24)(H,23,25). The molecule has 2 amide bonds. The van der Waals surface area contributed by atoms with Crippen LogP contribution in [0.25, 0.3) is 10.8 Å². The normalized spacial score (nSPS) is 10.4. The number of rotatable bonds is 7. The minimum absolute atomic E-state index is 0.200. The van der Waals surface area contributed by atoms with Crippen molar-refractivity contribution in [1.82, 2.24) is 0 Å². The molecule has 0 spiro atoms. The summed E-state index contributed by atoms with van der Waals surface area (Å²) in [6, 6.07) is 16.5. The Bertz CT molecular complexity index is 1000. The predicted molar refractivity (Wildman–Crippen MR) is 106 cm³/mol. The number of primary amides is 1. The maximum absolute atomic E-state index is 12.8. The van der Waals surface area contributed by atoms with Crippen molar-refractivity contribution in [3.63, 3.8) is 0 Å². The molecule has 0 bridgehead atoms. The Kier molecular flexibility index (Phi) is 5.64. The summed E-state index contributed by atoms with van der Waals surface area (Å²) >= 11 is 0. The maximum atomic E-state index is 12.8. The summed E-state index contributed by atoms with van der Waals surface area (Å²) in [6.07, 6.45) is 0. The molecule has 0 fully saturated rings. The van der Waals surface area contributed by atoms with E-state index in [0.29, 0.717) is 11.3 Å². The number of nitrogens with one attached hydrogen (secondary N) is 1. The number of amides is 2. The summed E-state index contributed by atoms with van der Waals surface area (Å²) < 4.78 is 16.0. The molecule has 0 aliphatic heterocycles. The molecule has 3 aromatic carbocycles. The Morgan fingerprint density at radius 1 is 0.964 bits per heavy atom. The van der Waals surface area contributed by atoms with Gasteiger partial charge in [0.25, 0.3) is 11.8 Å². The largest absolute Gasteiger partial charge is 0.493 e. The van der Waals surface area contributed by atoms with Crippen molar-refractivity contribution in [3.05, 3.63) is 60.2 Å². The van der Waals surface area contributed by atoms with Gasteiger partial charge in [-0.05, 0) is 23.6 Å². The lowest BCUT2D eigenvalue weighted by Gasteiger charge is -2.15. The summed E-state index contributed by atoms with van der Waals surface area (Å²) in [5, 5.41) is 4.86. The highest BCUT2D eigenvalue weighted by molar-refractivity contribution is 6.09. The van der Waals surface area contributed by atoms with E-state index in [2.05, 4.69) is 5.32 Å². The molecule has 0 aliphatic rings. The van der Waals surface area contributed by atoms with Crippen molar-refractivity contribution in [1.29, 1.82) is 0 Å². The number of carbonyl (C=O) groups is 2. The van der Waals surface area contributed by atoms with Gasteiger partial charge in [0.05, 0.1) is 14.2 Å². The smallest absolute Gasteiger partial charge is 0.255 e. The zero-order valence-corrected chi connectivity index (χ0v) is 15.5. The summed E-state index contributed by atoms with van der Waals surface area (Å²) in [7, 11) is 2.86. The quantitative estimate of drug-likeness (QED) is 0.656. The Morgan fingerprint density at radius 2 is 1.61 bits per heavy atom. The number of benzene rings is 3. The number of ether oxygens (including phenoxy) is 3. The van der Waals surface area contributed by atoms with Gasteiger partial charge in [-0.1, -0.05) is 36.4 Å². The molecule has 28 heavy (non-hydrogen) atoms. The van der Waals surface area contributed by atoms with Crippen molar-refractivity contribution in [2.75, 3.05) is 26.1 Å². The Labute approximate surface area is 162 Å². The molecule has 0 saturated heterocycles. The first-order chi connectivity index (χ1) is 13.5. The van der Waals surface area contributed by atoms with Crippen LogP contribution in [0.15, 0.2) is 54.6 Å². The molecule has 0 unspecified atom stereocenters. The van der Waals surface area contributed by atoms with Gasteiger partial charge in [0.2, 0.25) is 5.75 Å². The number of nitrogens with two attached hydrogens (primary N) is 1. The minimum Gasteiger partial charge on any atom is -0.493 e. The molecule has 0 heterocycles. The highest BCUT2D eigenvalue weighted by atomic mass is 16.5. The van der Waals surface area contributed by atoms with E-state index in [1.807, 2.05) is 42.5 Å². The number of methoxy groups -OCH3 is 2. The summed E-state index contributed by atoms with van der Waals surface area (Å²) in [6.45, 7) is -0.339. The average Bonchev–Trinajstić information content (AvgIpc) is 2.71. The fourth-order valence-corrected chi connectivity index (χ4v) is 2.83. The highest BCUT2D eigenvalue weighted by Crippen LogP contribution is 2.38. The van der Waals surface area contributed by atoms with E-state index in [9.17, 15) is 9.59 Å². The van der Waals surface area contributed by atoms with E-state index < -0.39 is 5.91 Å². The van der Waals surface area contributed by atoms with Crippen molar-refractivity contribution in [2.45, 2.75) is 0 Å². The van der Waals surface area contributed by atoms with Crippen LogP contribution in [0.1, 0.15) is 10.4 Å². The van der Waals surface area contributed by atoms with Crippen LogP contribution in [0.2, 0.25) is 0 Å². The molecular weight excluding hydrogens is 360 g/mol. The average molecular weight is 380 g/mol. The second-order valence-electron chi connectivity index (χ2n) is 5.95. The topological polar surface area (TPSA) is 99.9 Å². The molecule has 0 atom stereocenters. The van der Waals surface area contributed by atoms with Crippen molar-refractivity contribution < 1.29 is 23.8 Å². The van der Waals surface area contributed by atoms with E-state index in [1.54, 1.807) is 0 Å². The second kappa shape index (κ2) is 8.30. The SMILES string of the molecule is COc1cc(C(=O)Nc2cccc3ccccc23)cc(OC)c1OCC(N)=O. The molecule has 0 aliphatic carbocycles. The van der Waals surface area contributed by atoms with Gasteiger partial charge in [-0.2, -0.15) is 0 Å². The van der Waals surface area contributed by atoms with Crippen molar-refractivity contribution in [3.8, 4) is 17.2 Å². The lowest BCUT2D eigenvalue weighted by atomic mass is 10.1. The van der Waals surface area contributed by atoms with Crippen LogP contribution >= 0.6 is 0 Å². The van der Waals surface area contributed by atoms with Gasteiger partial charge in [0.15, 0.2) is 18.1 Å². The zero-order chi connectivity index (χ0) is 20.1. The number of fused-ring (bicyclic) bond motifs is 1. The lowest BCUT2D eigenvalue weighted by Crippen LogP contribution is -2.20. The molecule has 7 nitrogen and oxygen atoms in total. The van der Waals surface area contributed by atoms with E-state index in [1.165, 1.54) is 26.4 Å². The second-order valence-corrected chi connectivity index (χ2v) is 5.95. The van der Waals surface area contributed by atoms with Gasteiger partial charge >= 0.3 is 0 Å². The number of carbonyl (C=O) groups excluding carboxylic acids is 2. The summed E-state index contributed by atoms with van der Waals surface area (Å²) in [4.78, 5) is 23.8. The summed E-state index contributed by atoms with van der Waals surface area (Å²) in [5.41, 5.74) is 6.13. The first-order valence-corrected chi connectivity index (χ1v) is 8.49. The van der Waals surface area contributed by atoms with Gasteiger partial charge < -0.3 is 25.3 Å². The Morgan fingerprint density at radius 3 is 2.25 bits per heavy atom. The van der Waals surface area contributed by atoms with Crippen LogP contribution in [-0.4, -0.2) is 32.6 Å². The van der Waals surface area contributed by atoms with Crippen LogP contribution in [-0.2, 0) is 4.79 Å². The lowest BCUT2D eigenvalue weighted by molar-refractivity contribution is -0.120. The Hall–Kier alpha value is -3.74. The van der Waals surface area contributed by atoms with Crippen molar-refractivity contribution >= 4 is 28.3 Å². The highest BCUT2D eigenvalue weighted by Gasteiger charge is 2.19. The van der Waals surface area contributed by atoms with E-state index in [4.69, 9.17) is 19.9 Å². The first-order valence-electron chi connectivity index (χ1n) is 8.49. The van der Waals surface area contributed by atoms with Crippen LogP contribution in [0.4, 0.5) is 5.69 Å². The minimum atomic E-state index is -0.637. The molecule has 0 saturated carbocycles. The third-order valence-electron chi connectivity index (χ3n) is 4.12. The fraction of sp³-hybridized carbons (Fsp3) is 0.143. The third-order valence-corrected chi connectivity index (χ3v) is 4.12. The van der Waals surface area contributed by atoms with E-state index >= 15 is 0 Å². The summed E-state index contributed by atoms with van der Waals surface area (Å²) in [5.74, 6) is -0.269. The molecule has 0 aromatic heterocycles. The molecule has 7 heteroatoms. The van der Waals surface area contributed by atoms with Crippen LogP contribution < -0.4 is 25.3 Å². The zero-order valence-electron chi connectivity index (χ0n) is 15.5. The molecule has 3 N–H and O–H groups in total. The van der Waals surface area contributed by atoms with E-state index in [0.717, 1.165) is 10.8 Å². The van der Waals surface area contributed by atoms with Gasteiger partial charge in [-0.25, -0.2) is 0 Å². The third kappa shape index (κ3) is 3.98. The predicted octanol–water partition coefficient (Wildman–Crippen LogP) is 2.97. The molecule has 3 rings (SSSR count). The maximum Gasteiger partial charge on any atom is 0.255 e. The molecular formula is C21H20N2O5. The van der Waals surface area contributed by atoms with Gasteiger partial charge in [0, 0.05) is 16.6 Å². The molecule has 144 valence electrons. The number of hydrogen-bond donors (Lipinski definition) is 2. The van der Waals surface area contributed by atoms with Gasteiger partial charge in [0.1, 0.15) is 0 Å². The van der Waals surface area contributed by atoms with Crippen LogP contribution in [0, 0.1) is 0 Å². The molecule has 0 radical (unpaired) electrons. The van der Waals surface area contributed by atoms with Crippen LogP contribution in [0.5, 0.6) is 17.2 Å². The van der Waals surface area contributed by atoms with Crippen LogP contribution in [0.3, 0.4) is 0 Å². The fourth-order valence-electron chi connectivity index (χ4n) is 2.83.